The van der Waals surface area contributed by atoms with Crippen LogP contribution in [-0.4, -0.2) is 11.1 Å². The van der Waals surface area contributed by atoms with Crippen LogP contribution in [0.5, 0.6) is 0 Å². The Balaban J connectivity index is 1.91. The van der Waals surface area contributed by atoms with E-state index >= 15 is 0 Å². The van der Waals surface area contributed by atoms with Gasteiger partial charge in [-0.15, -0.1) is 0 Å². The smallest absolute Gasteiger partial charge is 0.335 e. The van der Waals surface area contributed by atoms with Gasteiger partial charge in [0.25, 0.3) is 0 Å². The lowest BCUT2D eigenvalue weighted by molar-refractivity contribution is 0.0696. The fourth-order valence-electron chi connectivity index (χ4n) is 2.75. The predicted octanol–water partition coefficient (Wildman–Crippen LogP) is 4.57. The highest BCUT2D eigenvalue weighted by atomic mass is 16.4. The first-order valence-electron chi connectivity index (χ1n) is 7.65. The van der Waals surface area contributed by atoms with Gasteiger partial charge in [-0.2, -0.15) is 0 Å². The topological polar surface area (TPSA) is 37.3 Å². The molecule has 0 bridgehead atoms. The molecule has 0 saturated carbocycles. The van der Waals surface area contributed by atoms with Gasteiger partial charge >= 0.3 is 5.97 Å². The first kappa shape index (κ1) is 15.0. The summed E-state index contributed by atoms with van der Waals surface area (Å²) in [5.74, 6) is -0.880. The molecule has 3 rings (SSSR count). The maximum atomic E-state index is 11.4. The molecule has 0 radical (unpaired) electrons. The van der Waals surface area contributed by atoms with Crippen LogP contribution in [0.4, 0.5) is 0 Å². The molecule has 114 valence electrons. The highest BCUT2D eigenvalue weighted by Gasteiger charge is 2.08. The van der Waals surface area contributed by atoms with E-state index in [0.29, 0.717) is 5.56 Å². The van der Waals surface area contributed by atoms with Gasteiger partial charge < -0.3 is 5.11 Å². The van der Waals surface area contributed by atoms with Gasteiger partial charge in [0, 0.05) is 0 Å². The van der Waals surface area contributed by atoms with E-state index < -0.39 is 5.97 Å². The maximum absolute atomic E-state index is 11.4. The van der Waals surface area contributed by atoms with E-state index in [1.807, 2.05) is 36.4 Å². The predicted molar refractivity (Wildman–Crippen MR) is 91.9 cm³/mol. The molecule has 0 aliphatic rings. The molecule has 0 atom stereocenters. The van der Waals surface area contributed by atoms with E-state index in [9.17, 15) is 9.90 Å². The Labute approximate surface area is 136 Å². The molecule has 0 aliphatic heterocycles. The van der Waals surface area contributed by atoms with Crippen LogP contribution in [0, 0.1) is 0 Å². The summed E-state index contributed by atoms with van der Waals surface area (Å²) >= 11 is 0. The van der Waals surface area contributed by atoms with Crippen LogP contribution < -0.4 is 0 Å². The van der Waals surface area contributed by atoms with Crippen molar-refractivity contribution in [2.45, 2.75) is 12.8 Å². The third-order valence-corrected chi connectivity index (χ3v) is 3.80. The first-order chi connectivity index (χ1) is 11.2. The van der Waals surface area contributed by atoms with Crippen LogP contribution in [0.3, 0.4) is 0 Å². The van der Waals surface area contributed by atoms with Gasteiger partial charge in [0.1, 0.15) is 0 Å². The summed E-state index contributed by atoms with van der Waals surface area (Å²) in [5, 5.41) is 9.37. The molecule has 3 aromatic rings. The van der Waals surface area contributed by atoms with Gasteiger partial charge in [-0.3, -0.25) is 0 Å². The van der Waals surface area contributed by atoms with E-state index in [4.69, 9.17) is 0 Å². The number of carboxylic acids is 1. The number of carboxylic acid groups (broad SMARTS) is 1. The van der Waals surface area contributed by atoms with Crippen LogP contribution in [0.1, 0.15) is 32.6 Å². The van der Waals surface area contributed by atoms with E-state index in [0.717, 1.165) is 24.0 Å². The molecule has 0 heterocycles. The number of benzene rings is 3. The molecule has 0 saturated heterocycles. The van der Waals surface area contributed by atoms with Crippen LogP contribution >= 0.6 is 0 Å². The Bertz CT molecular complexity index is 733. The second-order valence-electron chi connectivity index (χ2n) is 5.67. The number of aromatic carboxylic acids is 1. The van der Waals surface area contributed by atoms with Gasteiger partial charge in [0.05, 0.1) is 5.56 Å². The molecule has 1 N–H and O–H groups in total. The van der Waals surface area contributed by atoms with Crippen molar-refractivity contribution < 1.29 is 9.90 Å². The zero-order valence-corrected chi connectivity index (χ0v) is 12.8. The summed E-state index contributed by atoms with van der Waals surface area (Å²) in [7, 11) is 0. The summed E-state index contributed by atoms with van der Waals surface area (Å²) in [6.07, 6.45) is 1.48. The quantitative estimate of drug-likeness (QED) is 0.750. The molecule has 0 amide bonds. The molecule has 2 heteroatoms. The van der Waals surface area contributed by atoms with Crippen molar-refractivity contribution in [3.8, 4) is 0 Å². The summed E-state index contributed by atoms with van der Waals surface area (Å²) in [6, 6.07) is 25.9. The first-order valence-corrected chi connectivity index (χ1v) is 7.65. The fourth-order valence-corrected chi connectivity index (χ4v) is 2.75. The van der Waals surface area contributed by atoms with Crippen molar-refractivity contribution >= 4 is 5.97 Å². The molecule has 2 nitrogen and oxygen atoms in total. The van der Waals surface area contributed by atoms with Crippen molar-refractivity contribution in [1.82, 2.24) is 0 Å². The molecular formula is C21H18O2. The van der Waals surface area contributed by atoms with Crippen molar-refractivity contribution in [3.05, 3.63) is 107 Å². The minimum Gasteiger partial charge on any atom is -0.478 e. The van der Waals surface area contributed by atoms with E-state index in [1.165, 1.54) is 11.1 Å². The summed E-state index contributed by atoms with van der Waals surface area (Å²) in [4.78, 5) is 11.4. The van der Waals surface area contributed by atoms with Crippen LogP contribution in [-0.2, 0) is 12.8 Å². The number of hydrogen-bond acceptors (Lipinski definition) is 1. The molecule has 3 aromatic carbocycles. The Morgan fingerprint density at radius 3 is 1.48 bits per heavy atom. The Morgan fingerprint density at radius 1 is 0.652 bits per heavy atom. The van der Waals surface area contributed by atoms with Crippen molar-refractivity contribution in [2.75, 3.05) is 0 Å². The number of rotatable bonds is 5. The molecule has 0 fully saturated rings. The third-order valence-electron chi connectivity index (χ3n) is 3.80. The van der Waals surface area contributed by atoms with E-state index in [-0.39, 0.29) is 0 Å². The normalized spacial score (nSPS) is 10.4. The van der Waals surface area contributed by atoms with Crippen LogP contribution in [0.2, 0.25) is 0 Å². The third kappa shape index (κ3) is 4.07. The Hall–Kier alpha value is -2.87. The summed E-state index contributed by atoms with van der Waals surface area (Å²) in [5.41, 5.74) is 4.77. The second-order valence-corrected chi connectivity index (χ2v) is 5.67. The maximum Gasteiger partial charge on any atom is 0.335 e. The zero-order valence-electron chi connectivity index (χ0n) is 12.8. The van der Waals surface area contributed by atoms with Crippen LogP contribution in [0.15, 0.2) is 78.9 Å². The average Bonchev–Trinajstić information content (AvgIpc) is 2.56. The molecule has 23 heavy (non-hydrogen) atoms. The minimum absolute atomic E-state index is 0.351. The van der Waals surface area contributed by atoms with E-state index in [1.54, 1.807) is 12.1 Å². The fraction of sp³-hybridized carbons (Fsp3) is 0.0952. The zero-order chi connectivity index (χ0) is 16.1. The molecule has 0 unspecified atom stereocenters. The molecule has 0 spiro atoms. The lowest BCUT2D eigenvalue weighted by Crippen LogP contribution is -2.01. The van der Waals surface area contributed by atoms with Gasteiger partial charge in [0.15, 0.2) is 0 Å². The summed E-state index contributed by atoms with van der Waals surface area (Å²) in [6.45, 7) is 0. The van der Waals surface area contributed by atoms with Gasteiger partial charge in [-0.25, -0.2) is 4.79 Å². The van der Waals surface area contributed by atoms with Crippen LogP contribution in [0.25, 0.3) is 0 Å². The standard InChI is InChI=1S/C21H18O2/c22-21(23)20-14-18(11-16-7-3-1-4-8-16)13-19(15-20)12-17-9-5-2-6-10-17/h1-10,13-15H,11-12H2,(H,22,23). The summed E-state index contributed by atoms with van der Waals surface area (Å²) < 4.78 is 0. The Kier molecular flexibility index (Phi) is 4.53. The Morgan fingerprint density at radius 2 is 1.09 bits per heavy atom. The lowest BCUT2D eigenvalue weighted by atomic mass is 9.96. The largest absolute Gasteiger partial charge is 0.478 e. The highest BCUT2D eigenvalue weighted by Crippen LogP contribution is 2.18. The lowest BCUT2D eigenvalue weighted by Gasteiger charge is -2.09. The molecule has 0 aliphatic carbocycles. The van der Waals surface area contributed by atoms with E-state index in [2.05, 4.69) is 30.3 Å². The van der Waals surface area contributed by atoms with Crippen molar-refractivity contribution in [3.63, 3.8) is 0 Å². The number of carbonyl (C=O) groups is 1. The SMILES string of the molecule is O=C(O)c1cc(Cc2ccccc2)cc(Cc2ccccc2)c1. The molecular weight excluding hydrogens is 284 g/mol. The monoisotopic (exact) mass is 302 g/mol. The second kappa shape index (κ2) is 6.93. The van der Waals surface area contributed by atoms with Gasteiger partial charge in [-0.1, -0.05) is 66.7 Å². The van der Waals surface area contributed by atoms with Crippen molar-refractivity contribution in [2.24, 2.45) is 0 Å². The number of hydrogen-bond donors (Lipinski definition) is 1. The minimum atomic E-state index is -0.880. The average molecular weight is 302 g/mol. The highest BCUT2D eigenvalue weighted by molar-refractivity contribution is 5.88. The molecule has 0 aromatic heterocycles. The van der Waals surface area contributed by atoms with Crippen molar-refractivity contribution in [1.29, 1.82) is 0 Å². The van der Waals surface area contributed by atoms with Gasteiger partial charge in [0.2, 0.25) is 0 Å². The van der Waals surface area contributed by atoms with Gasteiger partial charge in [-0.05, 0) is 47.2 Å².